The maximum absolute atomic E-state index is 8.55. The molecule has 1 heterocycles. The molecular weight excluding hydrogens is 166 g/mol. The number of nitriles is 1. The summed E-state index contributed by atoms with van der Waals surface area (Å²) in [5, 5.41) is 11.7. The Morgan fingerprint density at radius 2 is 2.54 bits per heavy atom. The standard InChI is InChI=1S/C9H17N3O/c1-8(5-10)11-6-9-7-12(2)3-4-13-9/h8-9,11H,3-4,6-7H2,1-2H3. The maximum atomic E-state index is 8.55. The summed E-state index contributed by atoms with van der Waals surface area (Å²) in [5.41, 5.74) is 0. The van der Waals surface area contributed by atoms with Crippen LogP contribution in [0.4, 0.5) is 0 Å². The van der Waals surface area contributed by atoms with Gasteiger partial charge < -0.3 is 9.64 Å². The fraction of sp³-hybridized carbons (Fsp3) is 0.889. The highest BCUT2D eigenvalue weighted by atomic mass is 16.5. The van der Waals surface area contributed by atoms with E-state index in [0.717, 1.165) is 26.2 Å². The van der Waals surface area contributed by atoms with E-state index in [-0.39, 0.29) is 12.1 Å². The van der Waals surface area contributed by atoms with Crippen molar-refractivity contribution in [2.24, 2.45) is 0 Å². The van der Waals surface area contributed by atoms with Crippen molar-refractivity contribution in [1.29, 1.82) is 5.26 Å². The molecule has 0 amide bonds. The zero-order chi connectivity index (χ0) is 9.68. The van der Waals surface area contributed by atoms with Crippen LogP contribution in [-0.4, -0.2) is 50.3 Å². The fourth-order valence-electron chi connectivity index (χ4n) is 1.34. The zero-order valence-corrected chi connectivity index (χ0v) is 8.29. The summed E-state index contributed by atoms with van der Waals surface area (Å²) in [5.74, 6) is 0. The Labute approximate surface area is 79.5 Å². The van der Waals surface area contributed by atoms with Crippen molar-refractivity contribution in [3.05, 3.63) is 0 Å². The lowest BCUT2D eigenvalue weighted by Gasteiger charge is -2.30. The quantitative estimate of drug-likeness (QED) is 0.659. The van der Waals surface area contributed by atoms with E-state index in [1.54, 1.807) is 0 Å². The third-order valence-corrected chi connectivity index (χ3v) is 2.19. The number of hydrogen-bond donors (Lipinski definition) is 1. The predicted octanol–water partition coefficient (Wildman–Crippen LogP) is -0.181. The smallest absolute Gasteiger partial charge is 0.0925 e. The lowest BCUT2D eigenvalue weighted by molar-refractivity contribution is -0.0184. The van der Waals surface area contributed by atoms with Gasteiger partial charge in [0.05, 0.1) is 24.8 Å². The normalized spacial score (nSPS) is 26.7. The molecule has 1 rings (SSSR count). The minimum absolute atomic E-state index is 0.0872. The first kappa shape index (κ1) is 10.5. The molecule has 4 nitrogen and oxygen atoms in total. The number of morpholine rings is 1. The second kappa shape index (κ2) is 5.18. The monoisotopic (exact) mass is 183 g/mol. The van der Waals surface area contributed by atoms with Crippen molar-refractivity contribution < 1.29 is 4.74 Å². The van der Waals surface area contributed by atoms with Gasteiger partial charge in [-0.3, -0.25) is 5.32 Å². The van der Waals surface area contributed by atoms with Gasteiger partial charge in [-0.05, 0) is 14.0 Å². The Hall–Kier alpha value is -0.630. The minimum Gasteiger partial charge on any atom is -0.374 e. The Balaban J connectivity index is 2.17. The zero-order valence-electron chi connectivity index (χ0n) is 8.29. The van der Waals surface area contributed by atoms with Crippen LogP contribution in [0, 0.1) is 11.3 Å². The molecule has 1 aliphatic rings. The lowest BCUT2D eigenvalue weighted by Crippen LogP contribution is -2.46. The molecule has 1 N–H and O–H groups in total. The van der Waals surface area contributed by atoms with E-state index in [4.69, 9.17) is 10.00 Å². The highest BCUT2D eigenvalue weighted by molar-refractivity contribution is 4.86. The fourth-order valence-corrected chi connectivity index (χ4v) is 1.34. The maximum Gasteiger partial charge on any atom is 0.0925 e. The Morgan fingerprint density at radius 1 is 1.77 bits per heavy atom. The van der Waals surface area contributed by atoms with Crippen molar-refractivity contribution in [3.63, 3.8) is 0 Å². The average molecular weight is 183 g/mol. The first-order valence-electron chi connectivity index (χ1n) is 4.65. The van der Waals surface area contributed by atoms with Gasteiger partial charge in [0.1, 0.15) is 0 Å². The number of rotatable bonds is 3. The van der Waals surface area contributed by atoms with Crippen LogP contribution in [0.3, 0.4) is 0 Å². The van der Waals surface area contributed by atoms with Gasteiger partial charge in [0.25, 0.3) is 0 Å². The third-order valence-electron chi connectivity index (χ3n) is 2.19. The van der Waals surface area contributed by atoms with Crippen molar-refractivity contribution in [1.82, 2.24) is 10.2 Å². The highest BCUT2D eigenvalue weighted by Gasteiger charge is 2.17. The van der Waals surface area contributed by atoms with Gasteiger partial charge in [0, 0.05) is 19.6 Å². The predicted molar refractivity (Wildman–Crippen MR) is 50.3 cm³/mol. The first-order chi connectivity index (χ1) is 6.22. The van der Waals surface area contributed by atoms with Crippen molar-refractivity contribution in [2.75, 3.05) is 33.3 Å². The lowest BCUT2D eigenvalue weighted by atomic mass is 10.2. The van der Waals surface area contributed by atoms with Crippen LogP contribution in [-0.2, 0) is 4.74 Å². The molecule has 2 unspecified atom stereocenters. The van der Waals surface area contributed by atoms with E-state index in [0.29, 0.717) is 0 Å². The molecule has 0 aromatic rings. The summed E-state index contributed by atoms with van der Waals surface area (Å²) in [7, 11) is 2.09. The molecule has 1 aliphatic heterocycles. The van der Waals surface area contributed by atoms with Crippen molar-refractivity contribution >= 4 is 0 Å². The molecule has 2 atom stereocenters. The number of nitrogens with zero attached hydrogens (tertiary/aromatic N) is 2. The van der Waals surface area contributed by atoms with Crippen molar-refractivity contribution in [2.45, 2.75) is 19.1 Å². The van der Waals surface area contributed by atoms with Crippen LogP contribution in [0.2, 0.25) is 0 Å². The second-order valence-corrected chi connectivity index (χ2v) is 3.51. The average Bonchev–Trinajstić information content (AvgIpc) is 2.14. The summed E-state index contributed by atoms with van der Waals surface area (Å²) >= 11 is 0. The van der Waals surface area contributed by atoms with E-state index in [1.165, 1.54) is 0 Å². The van der Waals surface area contributed by atoms with Gasteiger partial charge >= 0.3 is 0 Å². The summed E-state index contributed by atoms with van der Waals surface area (Å²) in [4.78, 5) is 2.24. The topological polar surface area (TPSA) is 48.3 Å². The van der Waals surface area contributed by atoms with Gasteiger partial charge in [0.2, 0.25) is 0 Å². The number of ether oxygens (including phenoxy) is 1. The molecule has 4 heteroatoms. The first-order valence-corrected chi connectivity index (χ1v) is 4.65. The van der Waals surface area contributed by atoms with Crippen LogP contribution in [0.5, 0.6) is 0 Å². The SMILES string of the molecule is CC(C#N)NCC1CN(C)CCO1. The molecule has 13 heavy (non-hydrogen) atoms. The number of likely N-dealkylation sites (N-methyl/N-ethyl adjacent to an activating group) is 1. The van der Waals surface area contributed by atoms with E-state index >= 15 is 0 Å². The van der Waals surface area contributed by atoms with Gasteiger partial charge in [-0.1, -0.05) is 0 Å². The number of hydrogen-bond acceptors (Lipinski definition) is 4. The van der Waals surface area contributed by atoms with E-state index in [9.17, 15) is 0 Å². The molecule has 0 bridgehead atoms. The summed E-state index contributed by atoms with van der Waals surface area (Å²) < 4.78 is 5.53. The minimum atomic E-state index is -0.0872. The molecular formula is C9H17N3O. The Bertz CT molecular complexity index is 190. The van der Waals surface area contributed by atoms with Gasteiger partial charge in [-0.15, -0.1) is 0 Å². The molecule has 0 aliphatic carbocycles. The van der Waals surface area contributed by atoms with E-state index in [2.05, 4.69) is 23.3 Å². The molecule has 0 aromatic carbocycles. The molecule has 1 saturated heterocycles. The Morgan fingerprint density at radius 3 is 3.15 bits per heavy atom. The van der Waals surface area contributed by atoms with Gasteiger partial charge in [-0.2, -0.15) is 5.26 Å². The molecule has 0 radical (unpaired) electrons. The molecule has 0 aromatic heterocycles. The van der Waals surface area contributed by atoms with Crippen LogP contribution in [0.1, 0.15) is 6.92 Å². The molecule has 0 spiro atoms. The van der Waals surface area contributed by atoms with Crippen LogP contribution in [0.15, 0.2) is 0 Å². The third kappa shape index (κ3) is 3.73. The van der Waals surface area contributed by atoms with E-state index < -0.39 is 0 Å². The molecule has 74 valence electrons. The van der Waals surface area contributed by atoms with Crippen LogP contribution < -0.4 is 5.32 Å². The van der Waals surface area contributed by atoms with Crippen LogP contribution >= 0.6 is 0 Å². The second-order valence-electron chi connectivity index (χ2n) is 3.51. The molecule has 0 saturated carbocycles. The highest BCUT2D eigenvalue weighted by Crippen LogP contribution is 2.01. The van der Waals surface area contributed by atoms with Crippen molar-refractivity contribution in [3.8, 4) is 6.07 Å². The van der Waals surface area contributed by atoms with Crippen LogP contribution in [0.25, 0.3) is 0 Å². The van der Waals surface area contributed by atoms with E-state index in [1.807, 2.05) is 6.92 Å². The summed E-state index contributed by atoms with van der Waals surface area (Å²) in [6, 6.07) is 2.05. The van der Waals surface area contributed by atoms with Gasteiger partial charge in [-0.25, -0.2) is 0 Å². The summed E-state index contributed by atoms with van der Waals surface area (Å²) in [6.45, 7) is 5.37. The number of nitrogens with one attached hydrogen (secondary N) is 1. The Kier molecular flexibility index (Phi) is 4.16. The largest absolute Gasteiger partial charge is 0.374 e. The molecule has 1 fully saturated rings. The van der Waals surface area contributed by atoms with Gasteiger partial charge in [0.15, 0.2) is 0 Å². The summed E-state index contributed by atoms with van der Waals surface area (Å²) in [6.07, 6.45) is 0.231.